The monoisotopic (exact) mass is 370 g/mol. The van der Waals surface area contributed by atoms with E-state index in [0.29, 0.717) is 5.92 Å². The quantitative estimate of drug-likeness (QED) is 0.848. The van der Waals surface area contributed by atoms with Crippen molar-refractivity contribution >= 4 is 15.9 Å². The Kier molecular flexibility index (Phi) is 5.37. The molecule has 2 aliphatic rings. The standard InChI is InChI=1S/C17H24BrFN2O/c18-15-14(19)7-6-13(17(15)22)16(12-4-2-1-3-5-12)21-10-8-20-9-11-21/h6-7,12,16,20,22H,1-5,8-11H2/t16-/m0/s1. The lowest BCUT2D eigenvalue weighted by Crippen LogP contribution is -2.47. The first-order valence-corrected chi connectivity index (χ1v) is 9.09. The first-order chi connectivity index (χ1) is 10.7. The number of halogens is 2. The summed E-state index contributed by atoms with van der Waals surface area (Å²) in [7, 11) is 0. The van der Waals surface area contributed by atoms with Crippen molar-refractivity contribution in [2.24, 2.45) is 5.92 Å². The van der Waals surface area contributed by atoms with Crippen LogP contribution in [0.4, 0.5) is 4.39 Å². The molecule has 0 aromatic heterocycles. The number of nitrogens with zero attached hydrogens (tertiary/aromatic N) is 1. The van der Waals surface area contributed by atoms with Crippen LogP contribution in [-0.4, -0.2) is 36.2 Å². The second-order valence-electron chi connectivity index (χ2n) is 6.43. The normalized spacial score (nSPS) is 22.6. The maximum absolute atomic E-state index is 13.7. The second kappa shape index (κ2) is 7.28. The summed E-state index contributed by atoms with van der Waals surface area (Å²) in [6.07, 6.45) is 6.22. The summed E-state index contributed by atoms with van der Waals surface area (Å²) in [6.45, 7) is 3.92. The van der Waals surface area contributed by atoms with Crippen LogP contribution in [0, 0.1) is 11.7 Å². The summed E-state index contributed by atoms with van der Waals surface area (Å²) >= 11 is 3.19. The van der Waals surface area contributed by atoms with E-state index in [2.05, 4.69) is 26.1 Å². The molecule has 3 rings (SSSR count). The van der Waals surface area contributed by atoms with E-state index in [1.165, 1.54) is 38.2 Å². The predicted molar refractivity (Wildman–Crippen MR) is 89.5 cm³/mol. The van der Waals surface area contributed by atoms with Crippen LogP contribution in [0.25, 0.3) is 0 Å². The summed E-state index contributed by atoms with van der Waals surface area (Å²) in [6, 6.07) is 3.44. The Balaban J connectivity index is 1.94. The van der Waals surface area contributed by atoms with Gasteiger partial charge in [0.25, 0.3) is 0 Å². The van der Waals surface area contributed by atoms with E-state index < -0.39 is 5.82 Å². The number of nitrogens with one attached hydrogen (secondary N) is 1. The van der Waals surface area contributed by atoms with Crippen molar-refractivity contribution in [3.8, 4) is 5.75 Å². The highest BCUT2D eigenvalue weighted by Gasteiger charge is 2.33. The molecule has 1 aliphatic carbocycles. The molecule has 3 nitrogen and oxygen atoms in total. The Bertz CT molecular complexity index is 496. The predicted octanol–water partition coefficient (Wildman–Crippen LogP) is 3.82. The number of phenolic OH excluding ortho intramolecular Hbond substituents is 1. The molecule has 1 aromatic rings. The van der Waals surface area contributed by atoms with Crippen molar-refractivity contribution in [1.82, 2.24) is 10.2 Å². The van der Waals surface area contributed by atoms with Crippen LogP contribution in [-0.2, 0) is 0 Å². The molecular formula is C17H24BrFN2O. The van der Waals surface area contributed by atoms with Crippen molar-refractivity contribution in [3.05, 3.63) is 28.0 Å². The summed E-state index contributed by atoms with van der Waals surface area (Å²) in [4.78, 5) is 2.46. The van der Waals surface area contributed by atoms with Crippen LogP contribution in [0.1, 0.15) is 43.7 Å². The molecule has 5 heteroatoms. The van der Waals surface area contributed by atoms with Gasteiger partial charge in [0.1, 0.15) is 11.6 Å². The molecule has 22 heavy (non-hydrogen) atoms. The van der Waals surface area contributed by atoms with Gasteiger partial charge in [0.05, 0.1) is 4.47 Å². The third-order valence-electron chi connectivity index (χ3n) is 5.06. The van der Waals surface area contributed by atoms with Crippen LogP contribution in [0.15, 0.2) is 16.6 Å². The van der Waals surface area contributed by atoms with Crippen LogP contribution in [0.2, 0.25) is 0 Å². The van der Waals surface area contributed by atoms with Crippen molar-refractivity contribution in [2.75, 3.05) is 26.2 Å². The van der Waals surface area contributed by atoms with Crippen LogP contribution in [0.5, 0.6) is 5.75 Å². The van der Waals surface area contributed by atoms with Gasteiger partial charge < -0.3 is 10.4 Å². The number of phenols is 1. The minimum Gasteiger partial charge on any atom is -0.506 e. The highest BCUT2D eigenvalue weighted by atomic mass is 79.9. The van der Waals surface area contributed by atoms with E-state index in [9.17, 15) is 9.50 Å². The lowest BCUT2D eigenvalue weighted by molar-refractivity contribution is 0.101. The van der Waals surface area contributed by atoms with Crippen LogP contribution in [0.3, 0.4) is 0 Å². The number of hydrogen-bond donors (Lipinski definition) is 2. The van der Waals surface area contributed by atoms with Gasteiger partial charge in [0.2, 0.25) is 0 Å². The second-order valence-corrected chi connectivity index (χ2v) is 7.22. The number of rotatable bonds is 3. The zero-order valence-electron chi connectivity index (χ0n) is 12.8. The third kappa shape index (κ3) is 3.31. The van der Waals surface area contributed by atoms with Gasteiger partial charge in [0.15, 0.2) is 0 Å². The summed E-state index contributed by atoms with van der Waals surface area (Å²) < 4.78 is 13.9. The highest BCUT2D eigenvalue weighted by molar-refractivity contribution is 9.10. The molecule has 122 valence electrons. The highest BCUT2D eigenvalue weighted by Crippen LogP contribution is 2.44. The molecule has 1 heterocycles. The molecule has 1 atom stereocenters. The zero-order chi connectivity index (χ0) is 15.5. The third-order valence-corrected chi connectivity index (χ3v) is 5.81. The van der Waals surface area contributed by atoms with Crippen molar-refractivity contribution in [3.63, 3.8) is 0 Å². The van der Waals surface area contributed by atoms with E-state index in [1.54, 1.807) is 6.07 Å². The van der Waals surface area contributed by atoms with Gasteiger partial charge >= 0.3 is 0 Å². The molecule has 1 saturated heterocycles. The number of hydrogen-bond acceptors (Lipinski definition) is 3. The molecule has 0 radical (unpaired) electrons. The van der Waals surface area contributed by atoms with E-state index in [0.717, 1.165) is 31.7 Å². The summed E-state index contributed by atoms with van der Waals surface area (Å²) in [5, 5.41) is 13.9. The SMILES string of the molecule is Oc1c([C@H](C2CCCCC2)N2CCNCC2)ccc(F)c1Br. The Morgan fingerprint density at radius 2 is 1.86 bits per heavy atom. The summed E-state index contributed by atoms with van der Waals surface area (Å²) in [5.74, 6) is 0.230. The molecule has 1 aromatic carbocycles. The fourth-order valence-corrected chi connectivity index (χ4v) is 4.31. The zero-order valence-corrected chi connectivity index (χ0v) is 14.4. The van der Waals surface area contributed by atoms with Gasteiger partial charge in [-0.05, 0) is 40.8 Å². The molecule has 2 N–H and O–H groups in total. The van der Waals surface area contributed by atoms with Gasteiger partial charge in [-0.25, -0.2) is 4.39 Å². The van der Waals surface area contributed by atoms with E-state index in [1.807, 2.05) is 0 Å². The number of aromatic hydroxyl groups is 1. The average Bonchev–Trinajstić information content (AvgIpc) is 2.57. The average molecular weight is 371 g/mol. The van der Waals surface area contributed by atoms with Crippen LogP contribution < -0.4 is 5.32 Å². The van der Waals surface area contributed by atoms with Gasteiger partial charge in [0, 0.05) is 37.8 Å². The molecule has 0 bridgehead atoms. The van der Waals surface area contributed by atoms with Crippen LogP contribution >= 0.6 is 15.9 Å². The first-order valence-electron chi connectivity index (χ1n) is 8.30. The Morgan fingerprint density at radius 1 is 1.18 bits per heavy atom. The topological polar surface area (TPSA) is 35.5 Å². The van der Waals surface area contributed by atoms with E-state index >= 15 is 0 Å². The number of benzene rings is 1. The molecule has 1 saturated carbocycles. The maximum atomic E-state index is 13.7. The molecule has 0 unspecified atom stereocenters. The lowest BCUT2D eigenvalue weighted by atomic mass is 9.80. The van der Waals surface area contributed by atoms with Crippen molar-refractivity contribution < 1.29 is 9.50 Å². The Hall–Kier alpha value is -0.650. The fourth-order valence-electron chi connectivity index (χ4n) is 3.95. The Morgan fingerprint density at radius 3 is 2.55 bits per heavy atom. The molecule has 0 spiro atoms. The minimum atomic E-state index is -0.399. The van der Waals surface area contributed by atoms with E-state index in [-0.39, 0.29) is 16.3 Å². The van der Waals surface area contributed by atoms with Crippen molar-refractivity contribution in [1.29, 1.82) is 0 Å². The largest absolute Gasteiger partial charge is 0.506 e. The Labute approximate surface area is 140 Å². The number of piperazine rings is 1. The van der Waals surface area contributed by atoms with Gasteiger partial charge in [-0.1, -0.05) is 25.3 Å². The molecule has 0 amide bonds. The molecule has 2 fully saturated rings. The summed E-state index contributed by atoms with van der Waals surface area (Å²) in [5.41, 5.74) is 0.877. The smallest absolute Gasteiger partial charge is 0.141 e. The van der Waals surface area contributed by atoms with E-state index in [4.69, 9.17) is 0 Å². The van der Waals surface area contributed by atoms with Crippen molar-refractivity contribution in [2.45, 2.75) is 38.1 Å². The lowest BCUT2D eigenvalue weighted by Gasteiger charge is -2.41. The minimum absolute atomic E-state index is 0.0779. The van der Waals surface area contributed by atoms with Gasteiger partial charge in [-0.3, -0.25) is 4.90 Å². The fraction of sp³-hybridized carbons (Fsp3) is 0.647. The first kappa shape index (κ1) is 16.2. The van der Waals surface area contributed by atoms with Gasteiger partial charge in [-0.2, -0.15) is 0 Å². The molecular weight excluding hydrogens is 347 g/mol. The molecule has 1 aliphatic heterocycles. The van der Waals surface area contributed by atoms with Gasteiger partial charge in [-0.15, -0.1) is 0 Å². The maximum Gasteiger partial charge on any atom is 0.141 e.